The van der Waals surface area contributed by atoms with Crippen LogP contribution in [-0.2, 0) is 4.79 Å². The lowest BCUT2D eigenvalue weighted by Gasteiger charge is -2.18. The number of carboxylic acids is 1. The van der Waals surface area contributed by atoms with Crippen LogP contribution in [0, 0.1) is 17.2 Å². The molecular formula is C8H15N3O3. The van der Waals surface area contributed by atoms with E-state index in [9.17, 15) is 9.90 Å². The van der Waals surface area contributed by atoms with Crippen molar-refractivity contribution in [2.24, 2.45) is 17.6 Å². The average molecular weight is 201 g/mol. The quantitative estimate of drug-likeness (QED) is 0.288. The zero-order chi connectivity index (χ0) is 10.9. The van der Waals surface area contributed by atoms with Crippen LogP contribution >= 0.6 is 0 Å². The normalized spacial score (nSPS) is 36.7. The average Bonchev–Trinajstić information content (AvgIpc) is 2.32. The monoisotopic (exact) mass is 201 g/mol. The minimum absolute atomic E-state index is 0.194. The first-order valence-corrected chi connectivity index (χ1v) is 4.45. The van der Waals surface area contributed by atoms with Gasteiger partial charge in [-0.2, -0.15) is 0 Å². The highest BCUT2D eigenvalue weighted by molar-refractivity contribution is 5.75. The van der Waals surface area contributed by atoms with E-state index in [1.54, 1.807) is 6.92 Å². The number of nitrogens with one attached hydrogen (secondary N) is 2. The molecule has 1 aliphatic carbocycles. The van der Waals surface area contributed by atoms with Crippen molar-refractivity contribution in [1.82, 2.24) is 5.32 Å². The second-order valence-electron chi connectivity index (χ2n) is 3.69. The first-order valence-electron chi connectivity index (χ1n) is 4.45. The summed E-state index contributed by atoms with van der Waals surface area (Å²) in [6.45, 7) is 1.74. The topological polar surface area (TPSA) is 119 Å². The molecule has 1 saturated carbocycles. The van der Waals surface area contributed by atoms with Gasteiger partial charge in [0, 0.05) is 12.0 Å². The van der Waals surface area contributed by atoms with Gasteiger partial charge in [0.2, 0.25) is 0 Å². The van der Waals surface area contributed by atoms with Crippen molar-refractivity contribution in [3.8, 4) is 0 Å². The molecule has 6 nitrogen and oxygen atoms in total. The molecule has 0 heterocycles. The van der Waals surface area contributed by atoms with Gasteiger partial charge >= 0.3 is 5.97 Å². The molecule has 0 aromatic heterocycles. The van der Waals surface area contributed by atoms with Gasteiger partial charge in [0.1, 0.15) is 0 Å². The molecule has 0 amide bonds. The molecule has 14 heavy (non-hydrogen) atoms. The Balaban J connectivity index is 2.66. The van der Waals surface area contributed by atoms with E-state index in [-0.39, 0.29) is 17.9 Å². The van der Waals surface area contributed by atoms with Crippen LogP contribution in [0.2, 0.25) is 0 Å². The predicted octanol–water partition coefficient (Wildman–Crippen LogP) is -1.06. The Morgan fingerprint density at radius 1 is 1.64 bits per heavy atom. The van der Waals surface area contributed by atoms with Crippen LogP contribution in [-0.4, -0.2) is 34.3 Å². The molecule has 80 valence electrons. The minimum atomic E-state index is -1.00. The maximum Gasteiger partial charge on any atom is 0.309 e. The molecule has 0 bridgehead atoms. The van der Waals surface area contributed by atoms with E-state index in [2.05, 4.69) is 5.32 Å². The highest BCUT2D eigenvalue weighted by Crippen LogP contribution is 2.31. The van der Waals surface area contributed by atoms with Gasteiger partial charge in [0.05, 0.1) is 12.0 Å². The van der Waals surface area contributed by atoms with E-state index in [1.807, 2.05) is 0 Å². The third-order valence-corrected chi connectivity index (χ3v) is 2.75. The Morgan fingerprint density at radius 2 is 2.21 bits per heavy atom. The van der Waals surface area contributed by atoms with Crippen LogP contribution in [0.1, 0.15) is 13.3 Å². The van der Waals surface area contributed by atoms with Crippen LogP contribution in [0.3, 0.4) is 0 Å². The number of carbonyl (C=O) groups is 1. The van der Waals surface area contributed by atoms with E-state index in [0.717, 1.165) is 0 Å². The van der Waals surface area contributed by atoms with E-state index in [0.29, 0.717) is 6.42 Å². The Labute approximate surface area is 81.6 Å². The van der Waals surface area contributed by atoms with Gasteiger partial charge < -0.3 is 21.3 Å². The lowest BCUT2D eigenvalue weighted by atomic mass is 10.0. The van der Waals surface area contributed by atoms with Gasteiger partial charge in [-0.1, -0.05) is 6.92 Å². The molecule has 1 aliphatic rings. The van der Waals surface area contributed by atoms with Crippen molar-refractivity contribution < 1.29 is 15.0 Å². The van der Waals surface area contributed by atoms with Crippen molar-refractivity contribution in [2.75, 3.05) is 0 Å². The highest BCUT2D eigenvalue weighted by atomic mass is 16.4. The lowest BCUT2D eigenvalue weighted by Crippen LogP contribution is -2.41. The number of hydrogen-bond acceptors (Lipinski definition) is 3. The van der Waals surface area contributed by atoms with Gasteiger partial charge in [-0.25, -0.2) is 0 Å². The standard InChI is InChI=1S/C8H15N3O3/c1-3-5(11-8(9)10)2-4(6(3)12)7(13)14/h3-6,12H,2H2,1H3,(H,13,14)(H4,9,10,11)/t3-,4-,5+,6-/m0/s1. The summed E-state index contributed by atoms with van der Waals surface area (Å²) >= 11 is 0. The Morgan fingerprint density at radius 3 is 2.57 bits per heavy atom. The maximum absolute atomic E-state index is 10.7. The van der Waals surface area contributed by atoms with Gasteiger partial charge in [0.25, 0.3) is 0 Å². The van der Waals surface area contributed by atoms with Crippen LogP contribution < -0.4 is 11.1 Å². The molecule has 1 fully saturated rings. The van der Waals surface area contributed by atoms with E-state index >= 15 is 0 Å². The SMILES string of the molecule is C[C@@H]1[C@H](O)[C@@H](C(=O)O)C[C@H]1NC(=N)N. The van der Waals surface area contributed by atoms with Gasteiger partial charge in [-0.3, -0.25) is 10.2 Å². The fourth-order valence-corrected chi connectivity index (χ4v) is 1.87. The Hall–Kier alpha value is -1.30. The Kier molecular flexibility index (Phi) is 2.95. The van der Waals surface area contributed by atoms with Gasteiger partial charge in [0.15, 0.2) is 5.96 Å². The number of guanidine groups is 1. The smallest absolute Gasteiger partial charge is 0.309 e. The lowest BCUT2D eigenvalue weighted by molar-refractivity contribution is -0.145. The first kappa shape index (κ1) is 10.8. The van der Waals surface area contributed by atoms with Crippen LogP contribution in [0.25, 0.3) is 0 Å². The van der Waals surface area contributed by atoms with Crippen molar-refractivity contribution >= 4 is 11.9 Å². The molecule has 0 aromatic carbocycles. The van der Waals surface area contributed by atoms with Crippen LogP contribution in [0.15, 0.2) is 0 Å². The number of hydrogen-bond donors (Lipinski definition) is 5. The summed E-state index contributed by atoms with van der Waals surface area (Å²) in [6, 6.07) is -0.233. The van der Waals surface area contributed by atoms with E-state index in [1.165, 1.54) is 0 Å². The molecule has 1 rings (SSSR count). The number of aliphatic carboxylic acids is 1. The van der Waals surface area contributed by atoms with Crippen molar-refractivity contribution in [1.29, 1.82) is 5.41 Å². The first-order chi connectivity index (χ1) is 6.43. The van der Waals surface area contributed by atoms with E-state index in [4.69, 9.17) is 16.2 Å². The fourth-order valence-electron chi connectivity index (χ4n) is 1.87. The molecular weight excluding hydrogens is 186 g/mol. The molecule has 0 aliphatic heterocycles. The highest BCUT2D eigenvalue weighted by Gasteiger charge is 2.43. The molecule has 0 unspecified atom stereocenters. The zero-order valence-corrected chi connectivity index (χ0v) is 7.90. The van der Waals surface area contributed by atoms with Crippen molar-refractivity contribution in [2.45, 2.75) is 25.5 Å². The van der Waals surface area contributed by atoms with Gasteiger partial charge in [-0.05, 0) is 6.42 Å². The second-order valence-corrected chi connectivity index (χ2v) is 3.69. The molecule has 4 atom stereocenters. The molecule has 0 saturated heterocycles. The summed E-state index contributed by atoms with van der Waals surface area (Å²) in [4.78, 5) is 10.7. The van der Waals surface area contributed by atoms with Crippen molar-refractivity contribution in [3.63, 3.8) is 0 Å². The largest absolute Gasteiger partial charge is 0.481 e. The third kappa shape index (κ3) is 1.95. The van der Waals surface area contributed by atoms with Crippen molar-refractivity contribution in [3.05, 3.63) is 0 Å². The molecule has 6 heteroatoms. The molecule has 0 spiro atoms. The third-order valence-electron chi connectivity index (χ3n) is 2.75. The van der Waals surface area contributed by atoms with E-state index < -0.39 is 18.0 Å². The second kappa shape index (κ2) is 3.83. The van der Waals surface area contributed by atoms with Crippen LogP contribution in [0.5, 0.6) is 0 Å². The summed E-state index contributed by atoms with van der Waals surface area (Å²) in [5, 5.41) is 28.0. The summed E-state index contributed by atoms with van der Waals surface area (Å²) in [5.74, 6) is -2.17. The summed E-state index contributed by atoms with van der Waals surface area (Å²) in [6.07, 6.45) is -0.568. The summed E-state index contributed by atoms with van der Waals surface area (Å²) in [5.41, 5.74) is 5.14. The summed E-state index contributed by atoms with van der Waals surface area (Å²) in [7, 11) is 0. The number of nitrogens with two attached hydrogens (primary N) is 1. The fraction of sp³-hybridized carbons (Fsp3) is 0.750. The summed E-state index contributed by atoms with van der Waals surface area (Å²) < 4.78 is 0. The number of aliphatic hydroxyl groups excluding tert-OH is 1. The van der Waals surface area contributed by atoms with Crippen LogP contribution in [0.4, 0.5) is 0 Å². The zero-order valence-electron chi connectivity index (χ0n) is 7.90. The molecule has 6 N–H and O–H groups in total. The maximum atomic E-state index is 10.7. The minimum Gasteiger partial charge on any atom is -0.481 e. The van der Waals surface area contributed by atoms with Gasteiger partial charge in [-0.15, -0.1) is 0 Å². The molecule has 0 aromatic rings. The Bertz CT molecular complexity index is 256. The number of carboxylic acid groups (broad SMARTS) is 1. The molecule has 0 radical (unpaired) electrons. The predicted molar refractivity (Wildman–Crippen MR) is 49.8 cm³/mol. The number of rotatable bonds is 2. The number of aliphatic hydroxyl groups is 1.